The molecule has 0 bridgehead atoms. The minimum Gasteiger partial charge on any atom is -0.478 e. The highest BCUT2D eigenvalue weighted by Gasteiger charge is 2.18. The third-order valence-corrected chi connectivity index (χ3v) is 4.08. The van der Waals surface area contributed by atoms with E-state index in [9.17, 15) is 19.8 Å². The number of carbonyl (C=O) groups is 2. The molecule has 0 atom stereocenters. The first-order valence-electron chi connectivity index (χ1n) is 9.81. The Morgan fingerprint density at radius 2 is 0.969 bits per heavy atom. The Labute approximate surface area is 185 Å². The molecular formula is C20H30O12. The standard InChI is InChI=1S/C20H30O12/c21-11-27-5-7-31-13-29-3-1-15-9-16(2-4-30-14-32-8-6-28-12-22)18(20(25)26)10-17(15)19(23)24/h9-10,21-22H,1-8,11-14H2,(H,23,24)(H,25,26). The first-order valence-corrected chi connectivity index (χ1v) is 9.81. The Balaban J connectivity index is 2.62. The molecule has 0 aliphatic rings. The molecule has 32 heavy (non-hydrogen) atoms. The van der Waals surface area contributed by atoms with E-state index in [1.165, 1.54) is 6.07 Å². The number of hydrogen-bond donors (Lipinski definition) is 4. The fourth-order valence-corrected chi connectivity index (χ4v) is 2.59. The maximum Gasteiger partial charge on any atom is 0.335 e. The van der Waals surface area contributed by atoms with Crippen molar-refractivity contribution in [2.75, 3.05) is 66.8 Å². The highest BCUT2D eigenvalue weighted by molar-refractivity contribution is 5.96. The fraction of sp³-hybridized carbons (Fsp3) is 0.600. The van der Waals surface area contributed by atoms with Gasteiger partial charge in [-0.1, -0.05) is 6.07 Å². The second-order valence-corrected chi connectivity index (χ2v) is 6.22. The molecule has 0 aliphatic carbocycles. The lowest BCUT2D eigenvalue weighted by molar-refractivity contribution is -0.0843. The molecule has 0 saturated heterocycles. The molecule has 182 valence electrons. The molecule has 0 spiro atoms. The number of aliphatic hydroxyl groups excluding tert-OH is 2. The van der Waals surface area contributed by atoms with Crippen LogP contribution in [-0.4, -0.2) is 99.2 Å². The van der Waals surface area contributed by atoms with E-state index < -0.39 is 25.5 Å². The number of rotatable bonds is 20. The van der Waals surface area contributed by atoms with Crippen molar-refractivity contribution >= 4 is 11.9 Å². The molecule has 1 aromatic carbocycles. The molecule has 0 unspecified atom stereocenters. The molecule has 1 aromatic rings. The number of carboxylic acids is 2. The van der Waals surface area contributed by atoms with E-state index in [1.807, 2.05) is 0 Å². The van der Waals surface area contributed by atoms with Gasteiger partial charge in [-0.05, 0) is 30.0 Å². The number of aromatic carboxylic acids is 2. The quantitative estimate of drug-likeness (QED) is 0.152. The molecule has 12 heteroatoms. The summed E-state index contributed by atoms with van der Waals surface area (Å²) in [4.78, 5) is 23.2. The van der Waals surface area contributed by atoms with Crippen LogP contribution in [0.15, 0.2) is 12.1 Å². The average molecular weight is 462 g/mol. The van der Waals surface area contributed by atoms with E-state index in [0.717, 1.165) is 6.07 Å². The molecule has 0 amide bonds. The summed E-state index contributed by atoms with van der Waals surface area (Å²) in [7, 11) is 0. The van der Waals surface area contributed by atoms with Crippen molar-refractivity contribution in [3.05, 3.63) is 34.4 Å². The first-order chi connectivity index (χ1) is 15.5. The van der Waals surface area contributed by atoms with Crippen LogP contribution in [0.25, 0.3) is 0 Å². The van der Waals surface area contributed by atoms with Crippen LogP contribution >= 0.6 is 0 Å². The van der Waals surface area contributed by atoms with Gasteiger partial charge in [-0.15, -0.1) is 0 Å². The molecule has 12 nitrogen and oxygen atoms in total. The van der Waals surface area contributed by atoms with E-state index in [2.05, 4.69) is 0 Å². The molecule has 0 fully saturated rings. The summed E-state index contributed by atoms with van der Waals surface area (Å²) in [6, 6.07) is 2.67. The van der Waals surface area contributed by atoms with Crippen LogP contribution in [0.4, 0.5) is 0 Å². The molecule has 0 saturated carbocycles. The predicted molar refractivity (Wildman–Crippen MR) is 107 cm³/mol. The molecule has 0 heterocycles. The summed E-state index contributed by atoms with van der Waals surface area (Å²) in [5.74, 6) is -2.47. The van der Waals surface area contributed by atoms with Gasteiger partial charge in [-0.25, -0.2) is 9.59 Å². The van der Waals surface area contributed by atoms with Crippen molar-refractivity contribution in [3.63, 3.8) is 0 Å². The summed E-state index contributed by atoms with van der Waals surface area (Å²) in [6.07, 6.45) is 0.472. The SMILES string of the molecule is O=C(O)c1cc(C(=O)O)c(CCOCOCCOCO)cc1CCOCOCCOCO. The van der Waals surface area contributed by atoms with E-state index in [1.54, 1.807) is 0 Å². The maximum atomic E-state index is 11.6. The van der Waals surface area contributed by atoms with Crippen molar-refractivity contribution in [2.24, 2.45) is 0 Å². The summed E-state index contributed by atoms with van der Waals surface area (Å²) < 4.78 is 30.3. The Bertz CT molecular complexity index is 626. The average Bonchev–Trinajstić information content (AvgIpc) is 2.77. The predicted octanol–water partition coefficient (Wildman–Crippen LogP) is 0.0822. The van der Waals surface area contributed by atoms with Crippen molar-refractivity contribution in [1.29, 1.82) is 0 Å². The van der Waals surface area contributed by atoms with Gasteiger partial charge in [-0.2, -0.15) is 0 Å². The highest BCUT2D eigenvalue weighted by Crippen LogP contribution is 2.20. The topological polar surface area (TPSA) is 170 Å². The van der Waals surface area contributed by atoms with Crippen LogP contribution < -0.4 is 0 Å². The maximum absolute atomic E-state index is 11.6. The molecule has 0 aliphatic heterocycles. The van der Waals surface area contributed by atoms with Crippen LogP contribution in [0, 0.1) is 0 Å². The number of ether oxygens (including phenoxy) is 6. The molecule has 0 radical (unpaired) electrons. The Kier molecular flexibility index (Phi) is 15.2. The van der Waals surface area contributed by atoms with E-state index >= 15 is 0 Å². The third-order valence-electron chi connectivity index (χ3n) is 4.08. The number of aliphatic hydroxyl groups is 2. The first kappa shape index (κ1) is 27.9. The zero-order valence-electron chi connectivity index (χ0n) is 17.7. The van der Waals surface area contributed by atoms with Gasteiger partial charge in [0.15, 0.2) is 0 Å². The van der Waals surface area contributed by atoms with E-state index in [4.69, 9.17) is 38.6 Å². The summed E-state index contributed by atoms with van der Waals surface area (Å²) in [5, 5.41) is 35.9. The normalized spacial score (nSPS) is 11.1. The van der Waals surface area contributed by atoms with Crippen LogP contribution in [0.3, 0.4) is 0 Å². The van der Waals surface area contributed by atoms with Crippen LogP contribution in [0.5, 0.6) is 0 Å². The van der Waals surface area contributed by atoms with E-state index in [-0.39, 0.29) is 77.2 Å². The van der Waals surface area contributed by atoms with Gasteiger partial charge in [0, 0.05) is 0 Å². The largest absolute Gasteiger partial charge is 0.478 e. The minimum absolute atomic E-state index is 0.0333. The van der Waals surface area contributed by atoms with Crippen molar-refractivity contribution in [3.8, 4) is 0 Å². The van der Waals surface area contributed by atoms with Gasteiger partial charge in [0.05, 0.1) is 50.8 Å². The van der Waals surface area contributed by atoms with Crippen molar-refractivity contribution in [1.82, 2.24) is 0 Å². The van der Waals surface area contributed by atoms with Crippen LogP contribution in [0.1, 0.15) is 31.8 Å². The van der Waals surface area contributed by atoms with Crippen molar-refractivity contribution < 1.29 is 58.4 Å². The monoisotopic (exact) mass is 462 g/mol. The molecule has 0 aromatic heterocycles. The van der Waals surface area contributed by atoms with Crippen LogP contribution in [-0.2, 0) is 41.3 Å². The minimum atomic E-state index is -1.23. The van der Waals surface area contributed by atoms with Gasteiger partial charge < -0.3 is 48.8 Å². The lowest BCUT2D eigenvalue weighted by Gasteiger charge is -2.13. The number of carboxylic acid groups (broad SMARTS) is 2. The molecule has 4 N–H and O–H groups in total. The van der Waals surface area contributed by atoms with E-state index in [0.29, 0.717) is 11.1 Å². The Morgan fingerprint density at radius 3 is 1.34 bits per heavy atom. The van der Waals surface area contributed by atoms with Crippen LogP contribution in [0.2, 0.25) is 0 Å². The zero-order valence-corrected chi connectivity index (χ0v) is 17.7. The Morgan fingerprint density at radius 1 is 0.594 bits per heavy atom. The summed E-state index contributed by atoms with van der Waals surface area (Å²) >= 11 is 0. The van der Waals surface area contributed by atoms with Gasteiger partial charge in [0.2, 0.25) is 0 Å². The Hall–Kier alpha value is -2.16. The van der Waals surface area contributed by atoms with Gasteiger partial charge >= 0.3 is 11.9 Å². The lowest BCUT2D eigenvalue weighted by Crippen LogP contribution is -2.14. The van der Waals surface area contributed by atoms with Gasteiger partial charge in [0.25, 0.3) is 0 Å². The highest BCUT2D eigenvalue weighted by atomic mass is 16.7. The van der Waals surface area contributed by atoms with Crippen molar-refractivity contribution in [2.45, 2.75) is 12.8 Å². The number of benzene rings is 1. The lowest BCUT2D eigenvalue weighted by atomic mass is 9.95. The second-order valence-electron chi connectivity index (χ2n) is 6.22. The second kappa shape index (κ2) is 17.4. The summed E-state index contributed by atoms with van der Waals surface area (Å²) in [5.41, 5.74) is 0.636. The zero-order chi connectivity index (χ0) is 23.6. The van der Waals surface area contributed by atoms with Gasteiger partial charge in [-0.3, -0.25) is 0 Å². The summed E-state index contributed by atoms with van der Waals surface area (Å²) in [6.45, 7) is 0.360. The fourth-order valence-electron chi connectivity index (χ4n) is 2.59. The number of hydrogen-bond acceptors (Lipinski definition) is 10. The third kappa shape index (κ3) is 11.5. The molecular weight excluding hydrogens is 432 g/mol. The molecule has 1 rings (SSSR count). The van der Waals surface area contributed by atoms with Gasteiger partial charge in [0.1, 0.15) is 27.2 Å². The smallest absolute Gasteiger partial charge is 0.335 e.